The topological polar surface area (TPSA) is 135 Å². The largest absolute Gasteiger partial charge is 0.394 e. The van der Waals surface area contributed by atoms with Crippen molar-refractivity contribution in [3.8, 4) is 0 Å². The summed E-state index contributed by atoms with van der Waals surface area (Å²) in [6, 6.07) is 0. The lowest BCUT2D eigenvalue weighted by atomic mass is 9.99. The second kappa shape index (κ2) is 4.96. The Labute approximate surface area is 79.3 Å². The maximum atomic E-state index is 9.28. The maximum Gasteiger partial charge on any atom is 0.222 e. The molecule has 0 aromatic heterocycles. The van der Waals surface area contributed by atoms with E-state index >= 15 is 0 Å². The number of nitrogens with two attached hydrogens (primary N) is 1. The minimum absolute atomic E-state index is 0.532. The van der Waals surface area contributed by atoms with Crippen LogP contribution in [-0.2, 0) is 14.6 Å². The average Bonchev–Trinajstić information content (AvgIpc) is 2.19. The van der Waals surface area contributed by atoms with E-state index in [1.807, 2.05) is 0 Å². The molecule has 5 atom stereocenters. The van der Waals surface area contributed by atoms with Gasteiger partial charge in [0.05, 0.1) is 6.61 Å². The van der Waals surface area contributed by atoms with Crippen LogP contribution in [0.4, 0.5) is 0 Å². The summed E-state index contributed by atoms with van der Waals surface area (Å²) in [4.78, 5) is 8.04. The Morgan fingerprint density at radius 1 is 1.14 bits per heavy atom. The molecule has 84 valence electrons. The molecule has 1 aliphatic heterocycles. The molecule has 8 nitrogen and oxygen atoms in total. The first-order valence-corrected chi connectivity index (χ1v) is 3.94. The fourth-order valence-corrected chi connectivity index (χ4v) is 1.20. The molecule has 8 heteroatoms. The summed E-state index contributed by atoms with van der Waals surface area (Å²) in [5.74, 6) is 4.57. The van der Waals surface area contributed by atoms with Crippen molar-refractivity contribution in [2.75, 3.05) is 6.61 Å². The first kappa shape index (κ1) is 11.8. The molecule has 6 N–H and O–H groups in total. The number of ether oxygens (including phenoxy) is 1. The highest BCUT2D eigenvalue weighted by molar-refractivity contribution is 4.88. The van der Waals surface area contributed by atoms with Crippen molar-refractivity contribution in [2.24, 2.45) is 5.90 Å². The summed E-state index contributed by atoms with van der Waals surface area (Å²) in [5, 5.41) is 36.6. The highest BCUT2D eigenvalue weighted by Crippen LogP contribution is 2.21. The van der Waals surface area contributed by atoms with Crippen molar-refractivity contribution in [1.82, 2.24) is 0 Å². The average molecular weight is 211 g/mol. The molecule has 0 aromatic carbocycles. The van der Waals surface area contributed by atoms with Gasteiger partial charge in [-0.3, -0.25) is 0 Å². The second-order valence-corrected chi connectivity index (χ2v) is 2.89. The van der Waals surface area contributed by atoms with E-state index in [2.05, 4.69) is 15.8 Å². The van der Waals surface area contributed by atoms with Crippen LogP contribution in [0.15, 0.2) is 0 Å². The SMILES string of the molecule is NOO[C@@H]1O[C@H](CO)[C@H](O)[C@H](O)[C@H]1O. The molecule has 0 aliphatic carbocycles. The molecule has 0 amide bonds. The molecule has 0 radical (unpaired) electrons. The number of hydrogen-bond donors (Lipinski definition) is 5. The Bertz CT molecular complexity index is 176. The lowest BCUT2D eigenvalue weighted by Gasteiger charge is -2.38. The van der Waals surface area contributed by atoms with Gasteiger partial charge in [0.1, 0.15) is 24.4 Å². The van der Waals surface area contributed by atoms with E-state index in [4.69, 9.17) is 9.84 Å². The Balaban J connectivity index is 2.63. The zero-order valence-electron chi connectivity index (χ0n) is 7.18. The predicted octanol–water partition coefficient (Wildman–Crippen LogP) is -3.39. The summed E-state index contributed by atoms with van der Waals surface area (Å²) in [6.45, 7) is -0.532. The third-order valence-electron chi connectivity index (χ3n) is 2.00. The van der Waals surface area contributed by atoms with Crippen LogP contribution in [0.1, 0.15) is 0 Å². The lowest BCUT2D eigenvalue weighted by molar-refractivity contribution is -0.428. The Morgan fingerprint density at radius 3 is 2.29 bits per heavy atom. The van der Waals surface area contributed by atoms with Gasteiger partial charge < -0.3 is 25.2 Å². The van der Waals surface area contributed by atoms with Gasteiger partial charge in [-0.1, -0.05) is 0 Å². The third kappa shape index (κ3) is 2.19. The summed E-state index contributed by atoms with van der Waals surface area (Å²) in [5.41, 5.74) is 0. The highest BCUT2D eigenvalue weighted by atomic mass is 17.3. The molecule has 0 saturated carbocycles. The lowest BCUT2D eigenvalue weighted by Crippen LogP contribution is -2.59. The highest BCUT2D eigenvalue weighted by Gasteiger charge is 2.44. The van der Waals surface area contributed by atoms with E-state index in [9.17, 15) is 15.3 Å². The van der Waals surface area contributed by atoms with Gasteiger partial charge in [-0.2, -0.15) is 10.8 Å². The van der Waals surface area contributed by atoms with Crippen LogP contribution in [0.3, 0.4) is 0 Å². The quantitative estimate of drug-likeness (QED) is 0.241. The van der Waals surface area contributed by atoms with Gasteiger partial charge >= 0.3 is 0 Å². The number of rotatable bonds is 3. The molecule has 1 rings (SSSR count). The Hall–Kier alpha value is -0.320. The van der Waals surface area contributed by atoms with Crippen LogP contribution in [-0.4, -0.2) is 57.7 Å². The summed E-state index contributed by atoms with van der Waals surface area (Å²) < 4.78 is 4.83. The minimum atomic E-state index is -1.50. The van der Waals surface area contributed by atoms with Gasteiger partial charge in [0.2, 0.25) is 6.29 Å². The van der Waals surface area contributed by atoms with Gasteiger partial charge in [-0.25, -0.2) is 0 Å². The van der Waals surface area contributed by atoms with Crippen LogP contribution in [0.2, 0.25) is 0 Å². The summed E-state index contributed by atoms with van der Waals surface area (Å²) in [6.07, 6.45) is -6.81. The molecule has 0 bridgehead atoms. The minimum Gasteiger partial charge on any atom is -0.394 e. The molecular formula is C6H13NO7. The molecule has 1 aliphatic rings. The molecule has 1 fully saturated rings. The normalized spacial score (nSPS) is 43.9. The van der Waals surface area contributed by atoms with Crippen LogP contribution in [0, 0.1) is 0 Å². The van der Waals surface area contributed by atoms with E-state index in [-0.39, 0.29) is 0 Å². The number of hydrogen-bond acceptors (Lipinski definition) is 8. The van der Waals surface area contributed by atoms with Gasteiger partial charge in [-0.05, 0) is 0 Å². The maximum absolute atomic E-state index is 9.28. The van der Waals surface area contributed by atoms with E-state index in [0.29, 0.717) is 0 Å². The first-order chi connectivity index (χ1) is 6.61. The van der Waals surface area contributed by atoms with Crippen molar-refractivity contribution < 1.29 is 35.0 Å². The standard InChI is InChI=1S/C6H13NO7/c7-14-13-6-5(11)4(10)3(9)2(1-8)12-6/h2-6,8-11H,1,7H2/t2-,3+,4+,5-,6+/m1/s1. The fourth-order valence-electron chi connectivity index (χ4n) is 1.20. The molecule has 14 heavy (non-hydrogen) atoms. The van der Waals surface area contributed by atoms with Crippen LogP contribution in [0.25, 0.3) is 0 Å². The number of aliphatic hydroxyl groups excluding tert-OH is 4. The molecule has 0 unspecified atom stereocenters. The van der Waals surface area contributed by atoms with Gasteiger partial charge in [-0.15, -0.1) is 4.99 Å². The van der Waals surface area contributed by atoms with Crippen molar-refractivity contribution in [2.45, 2.75) is 30.7 Å². The number of aliphatic hydroxyl groups is 4. The Morgan fingerprint density at radius 2 is 1.79 bits per heavy atom. The van der Waals surface area contributed by atoms with E-state index in [0.717, 1.165) is 0 Å². The molecule has 1 heterocycles. The zero-order valence-corrected chi connectivity index (χ0v) is 7.18. The molecule has 1 saturated heterocycles. The summed E-state index contributed by atoms with van der Waals surface area (Å²) >= 11 is 0. The van der Waals surface area contributed by atoms with Crippen molar-refractivity contribution in [1.29, 1.82) is 0 Å². The van der Waals surface area contributed by atoms with Crippen molar-refractivity contribution in [3.05, 3.63) is 0 Å². The second-order valence-electron chi connectivity index (χ2n) is 2.89. The van der Waals surface area contributed by atoms with E-state index < -0.39 is 37.3 Å². The van der Waals surface area contributed by atoms with Gasteiger partial charge in [0.25, 0.3) is 0 Å². The fraction of sp³-hybridized carbons (Fsp3) is 1.00. The molecule has 0 spiro atoms. The Kier molecular flexibility index (Phi) is 4.16. The predicted molar refractivity (Wildman–Crippen MR) is 40.1 cm³/mol. The van der Waals surface area contributed by atoms with Crippen molar-refractivity contribution in [3.63, 3.8) is 0 Å². The van der Waals surface area contributed by atoms with Crippen LogP contribution >= 0.6 is 0 Å². The zero-order chi connectivity index (χ0) is 10.7. The molecular weight excluding hydrogens is 198 g/mol. The first-order valence-electron chi connectivity index (χ1n) is 3.94. The van der Waals surface area contributed by atoms with E-state index in [1.54, 1.807) is 0 Å². The smallest absolute Gasteiger partial charge is 0.222 e. The van der Waals surface area contributed by atoms with Crippen molar-refractivity contribution >= 4 is 0 Å². The van der Waals surface area contributed by atoms with Crippen LogP contribution < -0.4 is 5.90 Å². The van der Waals surface area contributed by atoms with Crippen LogP contribution in [0.5, 0.6) is 0 Å². The summed E-state index contributed by atoms with van der Waals surface area (Å²) in [7, 11) is 0. The molecule has 0 aromatic rings. The van der Waals surface area contributed by atoms with E-state index in [1.165, 1.54) is 0 Å². The van der Waals surface area contributed by atoms with Gasteiger partial charge in [0.15, 0.2) is 0 Å². The monoisotopic (exact) mass is 211 g/mol. The van der Waals surface area contributed by atoms with Gasteiger partial charge in [0, 0.05) is 0 Å². The third-order valence-corrected chi connectivity index (χ3v) is 2.00.